The number of azide groups is 1. The molecule has 2 unspecified atom stereocenters. The van der Waals surface area contributed by atoms with Crippen molar-refractivity contribution in [3.05, 3.63) is 114 Å². The maximum Gasteiger partial charge on any atom is 0.475 e. The highest BCUT2D eigenvalue weighted by Gasteiger charge is 2.62. The number of halogens is 1. The first-order valence-electron chi connectivity index (χ1n) is 14.2. The maximum atomic E-state index is 13.8. The van der Waals surface area contributed by atoms with Gasteiger partial charge in [0.05, 0.1) is 49.6 Å². The number of rotatable bonds is 10. The molecule has 5 heterocycles. The summed E-state index contributed by atoms with van der Waals surface area (Å²) in [6.07, 6.45) is -1.23. The molecule has 6 atom stereocenters. The molecular weight excluding hydrogens is 681 g/mol. The Hall–Kier alpha value is -4.67. The number of ether oxygens (including phenoxy) is 4. The molecule has 252 valence electrons. The molecule has 0 saturated carbocycles. The predicted molar refractivity (Wildman–Crippen MR) is 159 cm³/mol. The Bertz CT molecular complexity index is 1940. The van der Waals surface area contributed by atoms with Gasteiger partial charge in [-0.2, -0.15) is 0 Å². The molecular formula is C28H25ClN5O13P. The molecule has 3 aliphatic rings. The Morgan fingerprint density at radius 1 is 1.19 bits per heavy atom. The Kier molecular flexibility index (Phi) is 9.57. The van der Waals surface area contributed by atoms with Gasteiger partial charge in [-0.05, 0) is 29.3 Å². The highest BCUT2D eigenvalue weighted by Crippen LogP contribution is 2.58. The molecule has 20 heteroatoms. The summed E-state index contributed by atoms with van der Waals surface area (Å²) < 4.78 is 59.0. The lowest BCUT2D eigenvalue weighted by atomic mass is 10.0. The van der Waals surface area contributed by atoms with E-state index in [-0.39, 0.29) is 37.2 Å². The van der Waals surface area contributed by atoms with Crippen LogP contribution in [0.5, 0.6) is 0 Å². The first-order chi connectivity index (χ1) is 23.1. The van der Waals surface area contributed by atoms with E-state index in [0.717, 1.165) is 29.4 Å². The minimum atomic E-state index is -4.46. The third-order valence-corrected chi connectivity index (χ3v) is 9.13. The van der Waals surface area contributed by atoms with Gasteiger partial charge < -0.3 is 23.4 Å². The van der Waals surface area contributed by atoms with Crippen molar-refractivity contribution in [3.63, 3.8) is 0 Å². The summed E-state index contributed by atoms with van der Waals surface area (Å²) in [5, 5.41) is 4.13. The Morgan fingerprint density at radius 3 is 2.75 bits per heavy atom. The molecule has 48 heavy (non-hydrogen) atoms. The topological polar surface area (TPSA) is 233 Å². The Morgan fingerprint density at radius 2 is 2.04 bits per heavy atom. The van der Waals surface area contributed by atoms with Crippen LogP contribution < -0.4 is 11.2 Å². The number of H-pyrrole nitrogens is 1. The number of carbonyl (C=O) groups excluding carboxylic acids is 2. The molecule has 3 aromatic rings. The van der Waals surface area contributed by atoms with Crippen LogP contribution in [0.2, 0.25) is 5.02 Å². The number of phosphoric acid groups is 1. The molecule has 0 amide bonds. The number of benzene rings is 1. The van der Waals surface area contributed by atoms with Crippen LogP contribution in [-0.2, 0) is 41.9 Å². The average molecular weight is 706 g/mol. The van der Waals surface area contributed by atoms with Gasteiger partial charge in [0.15, 0.2) is 18.4 Å². The molecule has 2 fully saturated rings. The van der Waals surface area contributed by atoms with Crippen LogP contribution in [0.15, 0.2) is 86.1 Å². The fraction of sp³-hybridized carbons (Fsp3) is 0.357. The van der Waals surface area contributed by atoms with E-state index in [1.54, 1.807) is 24.3 Å². The van der Waals surface area contributed by atoms with Crippen molar-refractivity contribution >= 4 is 31.4 Å². The van der Waals surface area contributed by atoms with E-state index >= 15 is 0 Å². The molecule has 1 aromatic carbocycles. The van der Waals surface area contributed by atoms with E-state index in [1.807, 2.05) is 4.98 Å². The minimum absolute atomic E-state index is 0.0717. The standard InChI is InChI=1S/C28H25ClN5O13P/c29-19-3-1-2-16(12-19)20-7-11-42-48(39,47-20)43-15-28(32-33-30)23(45-26(37)18-6-10-41-14-18)22(44-25(36)17-5-9-40-13-17)24(46-28)34-8-4-21(35)31-27(34)38/h1-5,8-9,12-14,20,22-24H,6-7,10-11,15H2,(H,31,35,38)/t20-,22+,23-,24?,28+,48?/m0/s1. The lowest BCUT2D eigenvalue weighted by Gasteiger charge is -2.33. The van der Waals surface area contributed by atoms with Gasteiger partial charge in [0, 0.05) is 35.0 Å². The maximum absolute atomic E-state index is 13.8. The second-order valence-electron chi connectivity index (χ2n) is 10.5. The molecule has 0 radical (unpaired) electrons. The molecule has 3 aliphatic heterocycles. The second-order valence-corrected chi connectivity index (χ2v) is 12.6. The first-order valence-corrected chi connectivity index (χ1v) is 16.1. The van der Waals surface area contributed by atoms with E-state index in [9.17, 15) is 29.3 Å². The smallest absolute Gasteiger partial charge is 0.475 e. The zero-order valence-corrected chi connectivity index (χ0v) is 26.2. The van der Waals surface area contributed by atoms with Crippen LogP contribution in [0.3, 0.4) is 0 Å². The molecule has 2 saturated heterocycles. The number of carbonyl (C=O) groups is 2. The van der Waals surface area contributed by atoms with E-state index in [1.165, 1.54) is 12.3 Å². The van der Waals surface area contributed by atoms with Crippen molar-refractivity contribution in [2.45, 2.75) is 43.1 Å². The Labute approximate surface area is 274 Å². The van der Waals surface area contributed by atoms with Gasteiger partial charge >= 0.3 is 25.5 Å². The van der Waals surface area contributed by atoms with Crippen LogP contribution in [0.1, 0.15) is 41.1 Å². The number of nitrogens with zero attached hydrogens (tertiary/aromatic N) is 4. The molecule has 0 spiro atoms. The SMILES string of the molecule is [N-]=[N+]=N[C@]1(COP2(=O)OCC[C@@H](c3cccc(Cl)c3)O2)OC(n2ccc(=O)[nH]c2=O)[C@H](OC(=O)c2ccoc2)[C@@H]1OC(=O)C1=COCC1. The summed E-state index contributed by atoms with van der Waals surface area (Å²) in [4.78, 5) is 56.2. The highest BCUT2D eigenvalue weighted by atomic mass is 35.5. The summed E-state index contributed by atoms with van der Waals surface area (Å²) in [6, 6.07) is 8.91. The normalized spacial score (nSPS) is 28.1. The van der Waals surface area contributed by atoms with Crippen molar-refractivity contribution in [2.24, 2.45) is 5.11 Å². The molecule has 18 nitrogen and oxygen atoms in total. The number of nitrogens with one attached hydrogen (secondary N) is 1. The predicted octanol–water partition coefficient (Wildman–Crippen LogP) is 4.06. The van der Waals surface area contributed by atoms with Gasteiger partial charge in [-0.25, -0.2) is 18.9 Å². The van der Waals surface area contributed by atoms with Gasteiger partial charge in [-0.1, -0.05) is 28.8 Å². The van der Waals surface area contributed by atoms with Crippen LogP contribution in [0, 0.1) is 0 Å². The summed E-state index contributed by atoms with van der Waals surface area (Å²) in [7, 11) is -4.46. The van der Waals surface area contributed by atoms with Gasteiger partial charge in [0.25, 0.3) is 5.56 Å². The second kappa shape index (κ2) is 13.8. The van der Waals surface area contributed by atoms with Gasteiger partial charge in [0.1, 0.15) is 6.26 Å². The molecule has 1 N–H and O–H groups in total. The van der Waals surface area contributed by atoms with Crippen LogP contribution in [0.25, 0.3) is 10.4 Å². The number of aromatic nitrogens is 2. The van der Waals surface area contributed by atoms with E-state index in [2.05, 4.69) is 10.0 Å². The minimum Gasteiger partial charge on any atom is -0.500 e. The highest BCUT2D eigenvalue weighted by molar-refractivity contribution is 7.48. The zero-order chi connectivity index (χ0) is 33.9. The van der Waals surface area contributed by atoms with Gasteiger partial charge in [0.2, 0.25) is 5.72 Å². The number of esters is 2. The molecule has 0 aliphatic carbocycles. The van der Waals surface area contributed by atoms with Crippen LogP contribution in [0.4, 0.5) is 0 Å². The summed E-state index contributed by atoms with van der Waals surface area (Å²) in [5.41, 5.74) is 6.02. The molecule has 6 rings (SSSR count). The number of hydrogen-bond donors (Lipinski definition) is 1. The lowest BCUT2D eigenvalue weighted by molar-refractivity contribution is -0.164. The number of furan rings is 1. The Balaban J connectivity index is 1.39. The van der Waals surface area contributed by atoms with Crippen molar-refractivity contribution < 1.29 is 51.1 Å². The molecule has 2 aromatic heterocycles. The fourth-order valence-electron chi connectivity index (χ4n) is 5.16. The van der Waals surface area contributed by atoms with Crippen molar-refractivity contribution in [2.75, 3.05) is 19.8 Å². The van der Waals surface area contributed by atoms with E-state index in [4.69, 9.17) is 48.5 Å². The zero-order valence-electron chi connectivity index (χ0n) is 24.5. The monoisotopic (exact) mass is 705 g/mol. The van der Waals surface area contributed by atoms with E-state index < -0.39 is 67.9 Å². The molecule has 0 bridgehead atoms. The third kappa shape index (κ3) is 6.95. The summed E-state index contributed by atoms with van der Waals surface area (Å²) >= 11 is 6.12. The largest absolute Gasteiger partial charge is 0.500 e. The van der Waals surface area contributed by atoms with Crippen molar-refractivity contribution in [1.82, 2.24) is 9.55 Å². The van der Waals surface area contributed by atoms with Crippen LogP contribution in [-0.4, -0.2) is 59.2 Å². The van der Waals surface area contributed by atoms with E-state index in [0.29, 0.717) is 10.6 Å². The van der Waals surface area contributed by atoms with Crippen molar-refractivity contribution in [1.29, 1.82) is 0 Å². The number of hydrogen-bond acceptors (Lipinski definition) is 14. The van der Waals surface area contributed by atoms with Gasteiger partial charge in [-0.15, -0.1) is 0 Å². The summed E-state index contributed by atoms with van der Waals surface area (Å²) in [5.74, 6) is -1.99. The quantitative estimate of drug-likeness (QED) is 0.103. The summed E-state index contributed by atoms with van der Waals surface area (Å²) in [6.45, 7) is -0.870. The first kappa shape index (κ1) is 33.2. The third-order valence-electron chi connectivity index (χ3n) is 7.43. The lowest BCUT2D eigenvalue weighted by Crippen LogP contribution is -2.49. The van der Waals surface area contributed by atoms with Crippen LogP contribution >= 0.6 is 19.4 Å². The number of phosphoric ester groups is 1. The fourth-order valence-corrected chi connectivity index (χ4v) is 6.76. The van der Waals surface area contributed by atoms with Crippen molar-refractivity contribution in [3.8, 4) is 0 Å². The van der Waals surface area contributed by atoms with Gasteiger partial charge in [-0.3, -0.25) is 27.9 Å². The average Bonchev–Trinajstić information content (AvgIpc) is 3.84. The number of aromatic amines is 1.